The lowest BCUT2D eigenvalue weighted by atomic mass is 10.2. The SMILES string of the molecule is Fc1cccc(-c2noc(-c3n[nH]c4ccccc34)n2)c1. The summed E-state index contributed by atoms with van der Waals surface area (Å²) in [5.74, 6) is 0.285. The number of benzene rings is 2. The zero-order chi connectivity index (χ0) is 14.2. The lowest BCUT2D eigenvalue weighted by Crippen LogP contribution is -1.83. The van der Waals surface area contributed by atoms with Gasteiger partial charge >= 0.3 is 0 Å². The number of hydrogen-bond acceptors (Lipinski definition) is 4. The van der Waals surface area contributed by atoms with Crippen molar-refractivity contribution in [3.63, 3.8) is 0 Å². The number of aromatic nitrogens is 4. The predicted octanol–water partition coefficient (Wildman–Crippen LogP) is 3.42. The Morgan fingerprint density at radius 2 is 1.95 bits per heavy atom. The van der Waals surface area contributed by atoms with Crippen LogP contribution in [0.4, 0.5) is 4.39 Å². The van der Waals surface area contributed by atoms with Gasteiger partial charge in [0, 0.05) is 10.9 Å². The highest BCUT2D eigenvalue weighted by Gasteiger charge is 2.16. The molecule has 2 aromatic heterocycles. The van der Waals surface area contributed by atoms with Crippen LogP contribution < -0.4 is 0 Å². The van der Waals surface area contributed by atoms with Crippen LogP contribution in [0.15, 0.2) is 53.1 Å². The maximum absolute atomic E-state index is 13.2. The smallest absolute Gasteiger partial charge is 0.279 e. The first-order chi connectivity index (χ1) is 10.3. The van der Waals surface area contributed by atoms with Crippen LogP contribution in [-0.2, 0) is 0 Å². The second-order valence-corrected chi connectivity index (χ2v) is 4.55. The summed E-state index contributed by atoms with van der Waals surface area (Å²) >= 11 is 0. The summed E-state index contributed by atoms with van der Waals surface area (Å²) in [6.45, 7) is 0. The summed E-state index contributed by atoms with van der Waals surface area (Å²) < 4.78 is 18.5. The molecule has 6 heteroatoms. The van der Waals surface area contributed by atoms with Gasteiger partial charge in [0.25, 0.3) is 5.89 Å². The molecule has 0 spiro atoms. The van der Waals surface area contributed by atoms with E-state index in [9.17, 15) is 4.39 Å². The largest absolute Gasteiger partial charge is 0.332 e. The minimum absolute atomic E-state index is 0.298. The number of para-hydroxylation sites is 1. The van der Waals surface area contributed by atoms with E-state index in [4.69, 9.17) is 4.52 Å². The minimum Gasteiger partial charge on any atom is -0.332 e. The molecule has 1 N–H and O–H groups in total. The average molecular weight is 280 g/mol. The van der Waals surface area contributed by atoms with Crippen molar-refractivity contribution in [1.82, 2.24) is 20.3 Å². The van der Waals surface area contributed by atoms with Crippen molar-refractivity contribution in [2.24, 2.45) is 0 Å². The van der Waals surface area contributed by atoms with Crippen molar-refractivity contribution < 1.29 is 8.91 Å². The molecule has 0 saturated carbocycles. The molecule has 0 aliphatic rings. The number of aromatic amines is 1. The lowest BCUT2D eigenvalue weighted by Gasteiger charge is -1.92. The number of hydrogen-bond donors (Lipinski definition) is 1. The molecule has 0 unspecified atom stereocenters. The third kappa shape index (κ3) is 1.97. The van der Waals surface area contributed by atoms with Crippen LogP contribution in [0.3, 0.4) is 0 Å². The summed E-state index contributed by atoms with van der Waals surface area (Å²) in [7, 11) is 0. The molecule has 2 aromatic carbocycles. The minimum atomic E-state index is -0.343. The van der Waals surface area contributed by atoms with Gasteiger partial charge in [-0.15, -0.1) is 0 Å². The van der Waals surface area contributed by atoms with Crippen molar-refractivity contribution in [2.75, 3.05) is 0 Å². The number of nitrogens with zero attached hydrogens (tertiary/aromatic N) is 3. The van der Waals surface area contributed by atoms with Crippen molar-refractivity contribution in [3.05, 3.63) is 54.3 Å². The van der Waals surface area contributed by atoms with E-state index in [1.54, 1.807) is 12.1 Å². The van der Waals surface area contributed by atoms with Crippen LogP contribution >= 0.6 is 0 Å². The van der Waals surface area contributed by atoms with E-state index in [0.29, 0.717) is 23.0 Å². The van der Waals surface area contributed by atoms with Gasteiger partial charge in [0.15, 0.2) is 5.69 Å². The highest BCUT2D eigenvalue weighted by atomic mass is 19.1. The fourth-order valence-electron chi connectivity index (χ4n) is 2.19. The molecular weight excluding hydrogens is 271 g/mol. The normalized spacial score (nSPS) is 11.1. The van der Waals surface area contributed by atoms with Gasteiger partial charge in [0.1, 0.15) is 5.82 Å². The summed E-state index contributed by atoms with van der Waals surface area (Å²) in [6.07, 6.45) is 0. The zero-order valence-corrected chi connectivity index (χ0v) is 10.7. The number of rotatable bonds is 2. The second-order valence-electron chi connectivity index (χ2n) is 4.55. The van der Waals surface area contributed by atoms with E-state index in [0.717, 1.165) is 10.9 Å². The topological polar surface area (TPSA) is 67.6 Å². The van der Waals surface area contributed by atoms with Gasteiger partial charge in [0.05, 0.1) is 5.52 Å². The molecule has 0 atom stereocenters. The molecule has 0 bridgehead atoms. The van der Waals surface area contributed by atoms with Crippen LogP contribution in [0.5, 0.6) is 0 Å². The molecule has 0 aliphatic carbocycles. The van der Waals surface area contributed by atoms with Crippen LogP contribution in [0.2, 0.25) is 0 Å². The Kier molecular flexibility index (Phi) is 2.53. The van der Waals surface area contributed by atoms with Crippen LogP contribution in [0, 0.1) is 5.82 Å². The van der Waals surface area contributed by atoms with Crippen molar-refractivity contribution in [1.29, 1.82) is 0 Å². The molecule has 21 heavy (non-hydrogen) atoms. The fraction of sp³-hybridized carbons (Fsp3) is 0. The standard InChI is InChI=1S/C15H9FN4O/c16-10-5-3-4-9(8-10)14-17-15(21-20-14)13-11-6-1-2-7-12(11)18-19-13/h1-8H,(H,18,19). The molecule has 0 fully saturated rings. The second kappa shape index (κ2) is 4.52. The van der Waals surface area contributed by atoms with E-state index >= 15 is 0 Å². The monoisotopic (exact) mass is 280 g/mol. The van der Waals surface area contributed by atoms with Crippen LogP contribution in [0.25, 0.3) is 33.9 Å². The highest BCUT2D eigenvalue weighted by molar-refractivity contribution is 5.90. The summed E-state index contributed by atoms with van der Waals surface area (Å²) in [5, 5.41) is 11.9. The average Bonchev–Trinajstić information content (AvgIpc) is 3.14. The van der Waals surface area contributed by atoms with Gasteiger partial charge in [0.2, 0.25) is 5.82 Å². The highest BCUT2D eigenvalue weighted by Crippen LogP contribution is 2.26. The third-order valence-corrected chi connectivity index (χ3v) is 3.18. The van der Waals surface area contributed by atoms with Gasteiger partial charge in [-0.1, -0.05) is 35.5 Å². The molecular formula is C15H9FN4O. The molecule has 0 saturated heterocycles. The van der Waals surface area contributed by atoms with E-state index in [1.165, 1.54) is 12.1 Å². The fourth-order valence-corrected chi connectivity index (χ4v) is 2.19. The van der Waals surface area contributed by atoms with Gasteiger partial charge in [-0.3, -0.25) is 5.10 Å². The van der Waals surface area contributed by atoms with E-state index in [-0.39, 0.29) is 5.82 Å². The van der Waals surface area contributed by atoms with Gasteiger partial charge in [-0.2, -0.15) is 10.1 Å². The Morgan fingerprint density at radius 1 is 1.05 bits per heavy atom. The molecule has 2 heterocycles. The van der Waals surface area contributed by atoms with Crippen molar-refractivity contribution in [2.45, 2.75) is 0 Å². The maximum Gasteiger partial charge on any atom is 0.279 e. The Morgan fingerprint density at radius 3 is 2.86 bits per heavy atom. The molecule has 102 valence electrons. The van der Waals surface area contributed by atoms with Crippen molar-refractivity contribution >= 4 is 10.9 Å². The molecule has 4 rings (SSSR count). The van der Waals surface area contributed by atoms with Crippen LogP contribution in [0.1, 0.15) is 0 Å². The van der Waals surface area contributed by atoms with Crippen LogP contribution in [-0.4, -0.2) is 20.3 Å². The summed E-state index contributed by atoms with van der Waals surface area (Å²) in [5.41, 5.74) is 2.03. The first-order valence-corrected chi connectivity index (χ1v) is 6.34. The number of H-pyrrole nitrogens is 1. The molecule has 0 amide bonds. The Balaban J connectivity index is 1.81. The Labute approximate surface area is 118 Å². The quantitative estimate of drug-likeness (QED) is 0.611. The first kappa shape index (κ1) is 11.8. The maximum atomic E-state index is 13.2. The van der Waals surface area contributed by atoms with Gasteiger partial charge in [-0.05, 0) is 18.2 Å². The summed E-state index contributed by atoms with van der Waals surface area (Å²) in [6, 6.07) is 13.7. The summed E-state index contributed by atoms with van der Waals surface area (Å²) in [4.78, 5) is 4.29. The van der Waals surface area contributed by atoms with Gasteiger partial charge < -0.3 is 4.52 Å². The van der Waals surface area contributed by atoms with Crippen molar-refractivity contribution in [3.8, 4) is 23.0 Å². The number of halogens is 1. The van der Waals surface area contributed by atoms with E-state index in [2.05, 4.69) is 20.3 Å². The lowest BCUT2D eigenvalue weighted by molar-refractivity contribution is 0.431. The van der Waals surface area contributed by atoms with E-state index in [1.807, 2.05) is 24.3 Å². The first-order valence-electron chi connectivity index (χ1n) is 6.34. The Bertz CT molecular complexity index is 928. The predicted molar refractivity (Wildman–Crippen MR) is 74.8 cm³/mol. The molecule has 4 aromatic rings. The molecule has 0 aliphatic heterocycles. The van der Waals surface area contributed by atoms with Gasteiger partial charge in [-0.25, -0.2) is 4.39 Å². The number of nitrogens with one attached hydrogen (secondary N) is 1. The third-order valence-electron chi connectivity index (χ3n) is 3.18. The number of fused-ring (bicyclic) bond motifs is 1. The molecule has 0 radical (unpaired) electrons. The molecule has 5 nitrogen and oxygen atoms in total. The van der Waals surface area contributed by atoms with E-state index < -0.39 is 0 Å². The zero-order valence-electron chi connectivity index (χ0n) is 10.7. The Hall–Kier alpha value is -3.02.